The second-order valence-electron chi connectivity index (χ2n) is 7.28. The molecule has 2 aromatic carbocycles. The van der Waals surface area contributed by atoms with Gasteiger partial charge in [0.2, 0.25) is 11.8 Å². The maximum Gasteiger partial charge on any atom is 0.331 e. The van der Waals surface area contributed by atoms with Crippen molar-refractivity contribution in [1.82, 2.24) is 10.2 Å². The molecule has 0 aromatic heterocycles. The lowest BCUT2D eigenvalue weighted by Gasteiger charge is -2.31. The number of carbonyl (C=O) groups excluding carboxylic acids is 3. The molecule has 1 saturated heterocycles. The van der Waals surface area contributed by atoms with Crippen LogP contribution in [0.2, 0.25) is 0 Å². The molecule has 0 saturated carbocycles. The molecule has 4 amide bonds. The molecule has 150 valence electrons. The number of carbonyl (C=O) groups is 3. The first kappa shape index (κ1) is 20.3. The zero-order valence-corrected chi connectivity index (χ0v) is 16.8. The number of imide groups is 2. The predicted octanol–water partition coefficient (Wildman–Crippen LogP) is 4.02. The van der Waals surface area contributed by atoms with E-state index in [2.05, 4.69) is 24.5 Å². The molecule has 2 N–H and O–H groups in total. The van der Waals surface area contributed by atoms with E-state index < -0.39 is 23.8 Å². The second kappa shape index (κ2) is 8.73. The number of benzene rings is 2. The van der Waals surface area contributed by atoms with Crippen molar-refractivity contribution in [3.63, 3.8) is 0 Å². The van der Waals surface area contributed by atoms with Crippen LogP contribution in [0.25, 0.3) is 0 Å². The summed E-state index contributed by atoms with van der Waals surface area (Å²) >= 11 is 0. The van der Waals surface area contributed by atoms with Crippen molar-refractivity contribution in [2.75, 3.05) is 5.32 Å². The summed E-state index contributed by atoms with van der Waals surface area (Å²) in [5.74, 6) is -1.86. The number of hydrogen-bond acceptors (Lipinski definition) is 4. The van der Waals surface area contributed by atoms with E-state index in [4.69, 9.17) is 0 Å². The van der Waals surface area contributed by atoms with Crippen LogP contribution in [0, 0.1) is 5.92 Å². The fraction of sp³-hybridized carbons (Fsp3) is 0.261. The van der Waals surface area contributed by atoms with Gasteiger partial charge < -0.3 is 5.32 Å². The fourth-order valence-electron chi connectivity index (χ4n) is 3.23. The Morgan fingerprint density at radius 3 is 2.31 bits per heavy atom. The molecule has 2 aromatic rings. The van der Waals surface area contributed by atoms with E-state index in [1.807, 2.05) is 54.6 Å². The molecule has 1 fully saturated rings. The average Bonchev–Trinajstić information content (AvgIpc) is 2.71. The van der Waals surface area contributed by atoms with Gasteiger partial charge >= 0.3 is 6.03 Å². The van der Waals surface area contributed by atoms with Crippen LogP contribution in [0.4, 0.5) is 10.5 Å². The van der Waals surface area contributed by atoms with Gasteiger partial charge in [0.1, 0.15) is 0 Å². The van der Waals surface area contributed by atoms with Crippen molar-refractivity contribution in [3.8, 4) is 0 Å². The average molecular weight is 391 g/mol. The van der Waals surface area contributed by atoms with Crippen molar-refractivity contribution < 1.29 is 14.4 Å². The highest BCUT2D eigenvalue weighted by Gasteiger charge is 2.42. The fourth-order valence-corrected chi connectivity index (χ4v) is 3.23. The smallest absolute Gasteiger partial charge is 0.331 e. The molecule has 1 heterocycles. The maximum absolute atomic E-state index is 13.0. The molecule has 0 bridgehead atoms. The zero-order valence-electron chi connectivity index (χ0n) is 16.8. The molecular formula is C23H25N3O3. The molecule has 6 heteroatoms. The van der Waals surface area contributed by atoms with Crippen molar-refractivity contribution >= 4 is 23.5 Å². The highest BCUT2D eigenvalue weighted by atomic mass is 16.2. The Bertz CT molecular complexity index is 934. The third-order valence-corrected chi connectivity index (χ3v) is 4.92. The minimum Gasteiger partial charge on any atom is -0.358 e. The molecule has 29 heavy (non-hydrogen) atoms. The molecule has 0 radical (unpaired) electrons. The zero-order chi connectivity index (χ0) is 21.0. The highest BCUT2D eigenvalue weighted by molar-refractivity contribution is 6.18. The number of nitrogens with zero attached hydrogens (tertiary/aromatic N) is 1. The topological polar surface area (TPSA) is 78.5 Å². The van der Waals surface area contributed by atoms with Crippen LogP contribution >= 0.6 is 0 Å². The molecule has 1 aliphatic rings. The standard InChI is InChI=1S/C23H25N3O3/c1-4-19(24-18-12-10-17(11-13-18)15(2)3)20-21(27)25-23(29)26(22(20)28)14-16-8-6-5-7-9-16/h4-13,15,20,24H,14H2,1-3H3,(H,25,27,29)/b19-4+/t20-/m1/s1. The predicted molar refractivity (Wildman–Crippen MR) is 112 cm³/mol. The largest absolute Gasteiger partial charge is 0.358 e. The van der Waals surface area contributed by atoms with Crippen LogP contribution in [-0.4, -0.2) is 22.7 Å². The van der Waals surface area contributed by atoms with Crippen molar-refractivity contribution in [3.05, 3.63) is 77.5 Å². The number of barbiturate groups is 1. The Morgan fingerprint density at radius 2 is 1.72 bits per heavy atom. The number of urea groups is 1. The molecular weight excluding hydrogens is 366 g/mol. The Morgan fingerprint density at radius 1 is 1.07 bits per heavy atom. The minimum absolute atomic E-state index is 0.107. The van der Waals surface area contributed by atoms with Gasteiger partial charge in [-0.05, 0) is 36.1 Å². The summed E-state index contributed by atoms with van der Waals surface area (Å²) in [5.41, 5.74) is 3.22. The second-order valence-corrected chi connectivity index (χ2v) is 7.28. The number of amides is 4. The van der Waals surface area contributed by atoms with Crippen LogP contribution in [0.15, 0.2) is 66.4 Å². The van der Waals surface area contributed by atoms with E-state index in [0.29, 0.717) is 11.6 Å². The number of allylic oxidation sites excluding steroid dienone is 1. The third-order valence-electron chi connectivity index (χ3n) is 4.92. The van der Waals surface area contributed by atoms with Crippen molar-refractivity contribution in [1.29, 1.82) is 0 Å². The monoisotopic (exact) mass is 391 g/mol. The van der Waals surface area contributed by atoms with Gasteiger partial charge in [-0.2, -0.15) is 0 Å². The van der Waals surface area contributed by atoms with E-state index in [0.717, 1.165) is 16.2 Å². The summed E-state index contributed by atoms with van der Waals surface area (Å²) in [7, 11) is 0. The van der Waals surface area contributed by atoms with Gasteiger partial charge in [0.05, 0.1) is 6.54 Å². The quantitative estimate of drug-likeness (QED) is 0.729. The van der Waals surface area contributed by atoms with E-state index in [1.54, 1.807) is 13.0 Å². The van der Waals surface area contributed by atoms with Gasteiger partial charge in [-0.1, -0.05) is 62.4 Å². The lowest BCUT2D eigenvalue weighted by Crippen LogP contribution is -2.58. The first-order chi connectivity index (χ1) is 13.9. The summed E-state index contributed by atoms with van der Waals surface area (Å²) in [4.78, 5) is 38.9. The van der Waals surface area contributed by atoms with E-state index in [1.165, 1.54) is 5.56 Å². The maximum atomic E-state index is 13.0. The van der Waals surface area contributed by atoms with Gasteiger partial charge in [-0.3, -0.25) is 19.8 Å². The Hall–Kier alpha value is -3.41. The lowest BCUT2D eigenvalue weighted by atomic mass is 9.98. The van der Waals surface area contributed by atoms with Crippen LogP contribution in [0.1, 0.15) is 37.8 Å². The van der Waals surface area contributed by atoms with Gasteiger partial charge in [0, 0.05) is 11.4 Å². The summed E-state index contributed by atoms with van der Waals surface area (Å²) < 4.78 is 0. The summed E-state index contributed by atoms with van der Waals surface area (Å²) in [5, 5.41) is 5.47. The normalized spacial score (nSPS) is 17.5. The van der Waals surface area contributed by atoms with Crippen molar-refractivity contribution in [2.24, 2.45) is 5.92 Å². The molecule has 0 aliphatic carbocycles. The van der Waals surface area contributed by atoms with Gasteiger partial charge in [0.25, 0.3) is 0 Å². The number of nitrogens with one attached hydrogen (secondary N) is 2. The Kier molecular flexibility index (Phi) is 6.12. The molecule has 0 unspecified atom stereocenters. The highest BCUT2D eigenvalue weighted by Crippen LogP contribution is 2.24. The van der Waals surface area contributed by atoms with Crippen LogP contribution in [0.5, 0.6) is 0 Å². The minimum atomic E-state index is -1.11. The van der Waals surface area contributed by atoms with E-state index >= 15 is 0 Å². The lowest BCUT2D eigenvalue weighted by molar-refractivity contribution is -0.141. The molecule has 1 atom stereocenters. The summed E-state index contributed by atoms with van der Waals surface area (Å²) in [6.07, 6.45) is 1.69. The van der Waals surface area contributed by atoms with Crippen molar-refractivity contribution in [2.45, 2.75) is 33.2 Å². The van der Waals surface area contributed by atoms with Crippen LogP contribution in [-0.2, 0) is 16.1 Å². The molecule has 3 rings (SSSR count). The Balaban J connectivity index is 1.81. The third kappa shape index (κ3) is 4.54. The first-order valence-corrected chi connectivity index (χ1v) is 9.64. The van der Waals surface area contributed by atoms with Crippen LogP contribution < -0.4 is 10.6 Å². The number of hydrogen-bond donors (Lipinski definition) is 2. The van der Waals surface area contributed by atoms with Crippen LogP contribution in [0.3, 0.4) is 0 Å². The van der Waals surface area contributed by atoms with E-state index in [-0.39, 0.29) is 6.54 Å². The molecule has 0 spiro atoms. The molecule has 1 aliphatic heterocycles. The number of anilines is 1. The first-order valence-electron chi connectivity index (χ1n) is 9.64. The number of rotatable bonds is 6. The molecule has 6 nitrogen and oxygen atoms in total. The van der Waals surface area contributed by atoms with Gasteiger partial charge in [-0.15, -0.1) is 0 Å². The summed E-state index contributed by atoms with van der Waals surface area (Å²) in [6, 6.07) is 16.3. The van der Waals surface area contributed by atoms with Gasteiger partial charge in [-0.25, -0.2) is 4.79 Å². The summed E-state index contributed by atoms with van der Waals surface area (Å²) in [6.45, 7) is 6.09. The van der Waals surface area contributed by atoms with Gasteiger partial charge in [0.15, 0.2) is 5.92 Å². The SMILES string of the molecule is C/C=C(/Nc1ccc(C(C)C)cc1)[C@@H]1C(=O)NC(=O)N(Cc2ccccc2)C1=O. The Labute approximate surface area is 170 Å². The van der Waals surface area contributed by atoms with E-state index in [9.17, 15) is 14.4 Å².